The van der Waals surface area contributed by atoms with Crippen LogP contribution in [0, 0.1) is 11.6 Å². The predicted octanol–water partition coefficient (Wildman–Crippen LogP) is 3.08. The van der Waals surface area contributed by atoms with Gasteiger partial charge in [0, 0.05) is 4.47 Å². The van der Waals surface area contributed by atoms with Crippen molar-refractivity contribution in [2.75, 3.05) is 0 Å². The highest BCUT2D eigenvalue weighted by molar-refractivity contribution is 9.10. The zero-order valence-corrected chi connectivity index (χ0v) is 9.66. The first-order chi connectivity index (χ1) is 7.99. The van der Waals surface area contributed by atoms with Crippen LogP contribution in [0.15, 0.2) is 27.3 Å². The number of carbonyl (C=O) groups is 1. The molecule has 0 saturated heterocycles. The van der Waals surface area contributed by atoms with Crippen LogP contribution >= 0.6 is 15.9 Å². The number of halogens is 3. The Labute approximate surface area is 102 Å². The molecule has 0 aliphatic heterocycles. The van der Waals surface area contributed by atoms with Gasteiger partial charge in [-0.15, -0.1) is 0 Å². The molecule has 1 N–H and O–H groups in total. The van der Waals surface area contributed by atoms with Gasteiger partial charge in [-0.05, 0) is 12.1 Å². The Hall–Kier alpha value is -1.76. The smallest absolute Gasteiger partial charge is 0.357 e. The van der Waals surface area contributed by atoms with Gasteiger partial charge in [0.1, 0.15) is 23.5 Å². The van der Waals surface area contributed by atoms with Crippen LogP contribution in [-0.4, -0.2) is 16.1 Å². The highest BCUT2D eigenvalue weighted by atomic mass is 79.9. The average Bonchev–Trinajstić information content (AvgIpc) is 2.65. The van der Waals surface area contributed by atoms with E-state index in [0.29, 0.717) is 0 Å². The first kappa shape index (κ1) is 11.7. The first-order valence-corrected chi connectivity index (χ1v) is 5.12. The van der Waals surface area contributed by atoms with E-state index in [1.54, 1.807) is 0 Å². The summed E-state index contributed by atoms with van der Waals surface area (Å²) in [6.07, 6.45) is 0.818. The molecular weight excluding hydrogens is 300 g/mol. The number of aromatic nitrogens is 1. The maximum atomic E-state index is 13.5. The van der Waals surface area contributed by atoms with Crippen LogP contribution in [0.3, 0.4) is 0 Å². The Bertz CT molecular complexity index is 574. The summed E-state index contributed by atoms with van der Waals surface area (Å²) in [6.45, 7) is 0. The molecule has 0 atom stereocenters. The van der Waals surface area contributed by atoms with Gasteiger partial charge in [-0.1, -0.05) is 15.9 Å². The van der Waals surface area contributed by atoms with Gasteiger partial charge < -0.3 is 9.52 Å². The van der Waals surface area contributed by atoms with Crippen LogP contribution in [0.5, 0.6) is 0 Å². The number of hydrogen-bond acceptors (Lipinski definition) is 3. The minimum atomic E-state index is -1.34. The molecular formula is C10H4BrF2NO3. The summed E-state index contributed by atoms with van der Waals surface area (Å²) in [6, 6.07) is 2.06. The number of carboxylic acids is 1. The molecule has 0 aliphatic carbocycles. The summed E-state index contributed by atoms with van der Waals surface area (Å²) < 4.78 is 31.9. The Balaban J connectivity index is 2.56. The molecule has 4 nitrogen and oxygen atoms in total. The van der Waals surface area contributed by atoms with Crippen LogP contribution in [0.1, 0.15) is 10.5 Å². The molecule has 1 aromatic carbocycles. The lowest BCUT2D eigenvalue weighted by atomic mass is 10.2. The Kier molecular flexibility index (Phi) is 2.93. The SMILES string of the molecule is O=C(O)c1coc(-c2c(F)cc(Br)cc2F)n1. The lowest BCUT2D eigenvalue weighted by molar-refractivity contribution is 0.0690. The third-order valence-electron chi connectivity index (χ3n) is 1.94. The third kappa shape index (κ3) is 2.19. The molecule has 1 heterocycles. The standard InChI is InChI=1S/C10H4BrF2NO3/c11-4-1-5(12)8(6(13)2-4)9-14-7(3-17-9)10(15)16/h1-3H,(H,15,16). The normalized spacial score (nSPS) is 10.5. The van der Waals surface area contributed by atoms with Crippen molar-refractivity contribution in [3.8, 4) is 11.5 Å². The number of carboxylic acid groups (broad SMARTS) is 1. The van der Waals surface area contributed by atoms with Crippen molar-refractivity contribution < 1.29 is 23.1 Å². The van der Waals surface area contributed by atoms with Crippen molar-refractivity contribution in [1.82, 2.24) is 4.98 Å². The summed E-state index contributed by atoms with van der Waals surface area (Å²) in [5.74, 6) is -3.53. The fourth-order valence-corrected chi connectivity index (χ4v) is 1.64. The molecule has 2 rings (SSSR count). The van der Waals surface area contributed by atoms with Gasteiger partial charge >= 0.3 is 5.97 Å². The van der Waals surface area contributed by atoms with Crippen molar-refractivity contribution in [3.63, 3.8) is 0 Å². The Morgan fingerprint density at radius 3 is 2.41 bits per heavy atom. The van der Waals surface area contributed by atoms with E-state index in [0.717, 1.165) is 18.4 Å². The molecule has 2 aromatic rings. The van der Waals surface area contributed by atoms with E-state index in [4.69, 9.17) is 9.52 Å². The number of rotatable bonds is 2. The summed E-state index contributed by atoms with van der Waals surface area (Å²) in [5, 5.41) is 8.61. The number of benzene rings is 1. The van der Waals surface area contributed by atoms with E-state index in [-0.39, 0.29) is 4.47 Å². The maximum absolute atomic E-state index is 13.5. The van der Waals surface area contributed by atoms with Crippen molar-refractivity contribution in [2.45, 2.75) is 0 Å². The molecule has 0 fully saturated rings. The van der Waals surface area contributed by atoms with E-state index in [2.05, 4.69) is 20.9 Å². The molecule has 0 spiro atoms. The molecule has 0 radical (unpaired) electrons. The molecule has 7 heteroatoms. The second-order valence-electron chi connectivity index (χ2n) is 3.09. The summed E-state index contributed by atoms with van der Waals surface area (Å²) in [4.78, 5) is 14.0. The molecule has 0 saturated carbocycles. The molecule has 1 aromatic heterocycles. The summed E-state index contributed by atoms with van der Waals surface area (Å²) in [5.41, 5.74) is -0.914. The second kappa shape index (κ2) is 4.25. The van der Waals surface area contributed by atoms with Crippen LogP contribution in [0.2, 0.25) is 0 Å². The van der Waals surface area contributed by atoms with Gasteiger partial charge in [-0.2, -0.15) is 0 Å². The predicted molar refractivity (Wildman–Crippen MR) is 56.5 cm³/mol. The minimum Gasteiger partial charge on any atom is -0.476 e. The van der Waals surface area contributed by atoms with Crippen molar-refractivity contribution >= 4 is 21.9 Å². The lowest BCUT2D eigenvalue weighted by Crippen LogP contribution is -1.97. The van der Waals surface area contributed by atoms with E-state index >= 15 is 0 Å². The van der Waals surface area contributed by atoms with Crippen LogP contribution in [0.4, 0.5) is 8.78 Å². The maximum Gasteiger partial charge on any atom is 0.357 e. The minimum absolute atomic E-state index is 0.223. The molecule has 88 valence electrons. The summed E-state index contributed by atoms with van der Waals surface area (Å²) in [7, 11) is 0. The fourth-order valence-electron chi connectivity index (χ4n) is 1.23. The van der Waals surface area contributed by atoms with E-state index < -0.39 is 34.8 Å². The van der Waals surface area contributed by atoms with Crippen molar-refractivity contribution in [2.24, 2.45) is 0 Å². The van der Waals surface area contributed by atoms with Crippen molar-refractivity contribution in [3.05, 3.63) is 40.2 Å². The third-order valence-corrected chi connectivity index (χ3v) is 2.40. The van der Waals surface area contributed by atoms with Gasteiger partial charge in [-0.3, -0.25) is 0 Å². The number of nitrogens with zero attached hydrogens (tertiary/aromatic N) is 1. The van der Waals surface area contributed by atoms with Gasteiger partial charge in [0.15, 0.2) is 5.69 Å². The molecule has 0 amide bonds. The van der Waals surface area contributed by atoms with Gasteiger partial charge in [0.25, 0.3) is 0 Å². The lowest BCUT2D eigenvalue weighted by Gasteiger charge is -2.00. The average molecular weight is 304 g/mol. The topological polar surface area (TPSA) is 63.3 Å². The van der Waals surface area contributed by atoms with Gasteiger partial charge in [0.2, 0.25) is 5.89 Å². The Morgan fingerprint density at radius 2 is 1.94 bits per heavy atom. The monoisotopic (exact) mass is 303 g/mol. The van der Waals surface area contributed by atoms with E-state index in [1.807, 2.05) is 0 Å². The zero-order chi connectivity index (χ0) is 12.6. The highest BCUT2D eigenvalue weighted by Crippen LogP contribution is 2.28. The molecule has 0 bridgehead atoms. The van der Waals surface area contributed by atoms with Crippen LogP contribution in [-0.2, 0) is 0 Å². The van der Waals surface area contributed by atoms with E-state index in [1.165, 1.54) is 0 Å². The number of aromatic carboxylic acids is 1. The largest absolute Gasteiger partial charge is 0.476 e. The number of hydrogen-bond donors (Lipinski definition) is 1. The van der Waals surface area contributed by atoms with Gasteiger partial charge in [-0.25, -0.2) is 18.6 Å². The number of oxazole rings is 1. The van der Waals surface area contributed by atoms with Gasteiger partial charge in [0.05, 0.1) is 0 Å². The molecule has 0 aliphatic rings. The molecule has 17 heavy (non-hydrogen) atoms. The quantitative estimate of drug-likeness (QED) is 0.926. The molecule has 0 unspecified atom stereocenters. The second-order valence-corrected chi connectivity index (χ2v) is 4.00. The first-order valence-electron chi connectivity index (χ1n) is 4.33. The summed E-state index contributed by atoms with van der Waals surface area (Å²) >= 11 is 2.92. The fraction of sp³-hybridized carbons (Fsp3) is 0. The zero-order valence-electron chi connectivity index (χ0n) is 8.08. The Morgan fingerprint density at radius 1 is 1.35 bits per heavy atom. The van der Waals surface area contributed by atoms with E-state index in [9.17, 15) is 13.6 Å². The van der Waals surface area contributed by atoms with Crippen molar-refractivity contribution in [1.29, 1.82) is 0 Å². The van der Waals surface area contributed by atoms with Crippen LogP contribution in [0.25, 0.3) is 11.5 Å². The highest BCUT2D eigenvalue weighted by Gasteiger charge is 2.19. The van der Waals surface area contributed by atoms with Crippen LogP contribution < -0.4 is 0 Å².